The lowest BCUT2D eigenvalue weighted by molar-refractivity contribution is -0.118. The van der Waals surface area contributed by atoms with E-state index < -0.39 is 0 Å². The summed E-state index contributed by atoms with van der Waals surface area (Å²) in [7, 11) is 1.63. The highest BCUT2D eigenvalue weighted by molar-refractivity contribution is 7.99. The number of hydrazone groups is 1. The number of carbonyl (C=O) groups excluding carboxylic acids is 1. The van der Waals surface area contributed by atoms with Crippen molar-refractivity contribution < 1.29 is 9.53 Å². The second-order valence-electron chi connectivity index (χ2n) is 6.30. The summed E-state index contributed by atoms with van der Waals surface area (Å²) in [6.45, 7) is 2.68. The molecule has 1 aromatic heterocycles. The molecule has 3 aromatic rings. The molecule has 0 bridgehead atoms. The fourth-order valence-electron chi connectivity index (χ4n) is 2.71. The fraction of sp³-hybridized carbons (Fsp3) is 0.182. The van der Waals surface area contributed by atoms with Crippen LogP contribution in [0.25, 0.3) is 17.5 Å². The van der Waals surface area contributed by atoms with Crippen LogP contribution in [0.15, 0.2) is 69.9 Å². The van der Waals surface area contributed by atoms with Crippen LogP contribution in [0.5, 0.6) is 5.75 Å². The summed E-state index contributed by atoms with van der Waals surface area (Å²) < 4.78 is 7.15. The highest BCUT2D eigenvalue weighted by atomic mass is 35.5. The monoisotopic (exact) mass is 455 g/mol. The Morgan fingerprint density at radius 2 is 1.94 bits per heavy atom. The van der Waals surface area contributed by atoms with Crippen LogP contribution in [-0.4, -0.2) is 39.7 Å². The maximum atomic E-state index is 12.1. The Bertz CT molecular complexity index is 1070. The Kier molecular flexibility index (Phi) is 8.26. The molecular weight excluding hydrogens is 434 g/mol. The first kappa shape index (κ1) is 22.6. The SMILES string of the molecule is CCn1c(SCC(=O)N/N=C/C(Cl)=C/c2ccccc2)nnc1-c1ccc(OC)cc1. The first-order valence-electron chi connectivity index (χ1n) is 9.55. The van der Waals surface area contributed by atoms with Crippen molar-refractivity contribution in [2.75, 3.05) is 12.9 Å². The first-order chi connectivity index (χ1) is 15.1. The molecular formula is C22H22ClN5O2S. The third kappa shape index (κ3) is 6.44. The molecule has 9 heteroatoms. The van der Waals surface area contributed by atoms with E-state index in [0.717, 1.165) is 22.7 Å². The Morgan fingerprint density at radius 3 is 2.61 bits per heavy atom. The lowest BCUT2D eigenvalue weighted by Crippen LogP contribution is -2.19. The number of benzene rings is 2. The molecule has 1 amide bonds. The number of thioether (sulfide) groups is 1. The summed E-state index contributed by atoms with van der Waals surface area (Å²) in [5.41, 5.74) is 4.35. The number of rotatable bonds is 9. The van der Waals surface area contributed by atoms with E-state index in [4.69, 9.17) is 16.3 Å². The maximum absolute atomic E-state index is 12.1. The summed E-state index contributed by atoms with van der Waals surface area (Å²) in [5, 5.41) is 13.5. The van der Waals surface area contributed by atoms with Gasteiger partial charge in [-0.3, -0.25) is 4.79 Å². The quantitative estimate of drug-likeness (QED) is 0.293. The highest BCUT2D eigenvalue weighted by Crippen LogP contribution is 2.25. The van der Waals surface area contributed by atoms with Crippen molar-refractivity contribution in [3.8, 4) is 17.1 Å². The Hall–Kier alpha value is -3.10. The van der Waals surface area contributed by atoms with Gasteiger partial charge in [0.2, 0.25) is 0 Å². The van der Waals surface area contributed by atoms with Gasteiger partial charge in [0.25, 0.3) is 5.91 Å². The second-order valence-corrected chi connectivity index (χ2v) is 7.68. The van der Waals surface area contributed by atoms with E-state index >= 15 is 0 Å². The average molecular weight is 456 g/mol. The molecule has 3 rings (SSSR count). The molecule has 31 heavy (non-hydrogen) atoms. The normalized spacial score (nSPS) is 11.6. The Morgan fingerprint density at radius 1 is 1.19 bits per heavy atom. The molecule has 0 aliphatic rings. The van der Waals surface area contributed by atoms with Gasteiger partial charge in [0, 0.05) is 12.1 Å². The van der Waals surface area contributed by atoms with Crippen molar-refractivity contribution in [1.29, 1.82) is 0 Å². The van der Waals surface area contributed by atoms with E-state index in [9.17, 15) is 4.79 Å². The van der Waals surface area contributed by atoms with Crippen LogP contribution < -0.4 is 10.2 Å². The van der Waals surface area contributed by atoms with Crippen LogP contribution >= 0.6 is 23.4 Å². The lowest BCUT2D eigenvalue weighted by atomic mass is 10.2. The summed E-state index contributed by atoms with van der Waals surface area (Å²) in [6.07, 6.45) is 3.16. The second kappa shape index (κ2) is 11.3. The summed E-state index contributed by atoms with van der Waals surface area (Å²) in [5.74, 6) is 1.40. The minimum Gasteiger partial charge on any atom is -0.497 e. The number of carbonyl (C=O) groups is 1. The molecule has 1 heterocycles. The number of nitrogens with one attached hydrogen (secondary N) is 1. The van der Waals surface area contributed by atoms with Crippen LogP contribution in [0.4, 0.5) is 0 Å². The van der Waals surface area contributed by atoms with Gasteiger partial charge < -0.3 is 9.30 Å². The van der Waals surface area contributed by atoms with Crippen molar-refractivity contribution >= 4 is 41.6 Å². The smallest absolute Gasteiger partial charge is 0.250 e. The number of methoxy groups -OCH3 is 1. The minimum absolute atomic E-state index is 0.151. The highest BCUT2D eigenvalue weighted by Gasteiger charge is 2.14. The van der Waals surface area contributed by atoms with Crippen LogP contribution in [0.2, 0.25) is 0 Å². The van der Waals surface area contributed by atoms with E-state index in [2.05, 4.69) is 20.7 Å². The molecule has 0 saturated carbocycles. The minimum atomic E-state index is -0.262. The van der Waals surface area contributed by atoms with Gasteiger partial charge in [-0.15, -0.1) is 10.2 Å². The number of halogens is 1. The topological polar surface area (TPSA) is 81.4 Å². The number of hydrogen-bond donors (Lipinski definition) is 1. The van der Waals surface area contributed by atoms with Gasteiger partial charge in [-0.25, -0.2) is 5.43 Å². The van der Waals surface area contributed by atoms with E-state index in [1.54, 1.807) is 13.2 Å². The molecule has 0 unspecified atom stereocenters. The molecule has 2 aromatic carbocycles. The third-order valence-electron chi connectivity index (χ3n) is 4.19. The van der Waals surface area contributed by atoms with E-state index in [1.165, 1.54) is 18.0 Å². The molecule has 160 valence electrons. The van der Waals surface area contributed by atoms with Gasteiger partial charge in [0.1, 0.15) is 5.75 Å². The molecule has 0 fully saturated rings. The van der Waals surface area contributed by atoms with Crippen LogP contribution in [-0.2, 0) is 11.3 Å². The van der Waals surface area contributed by atoms with Crippen molar-refractivity contribution in [3.05, 3.63) is 65.2 Å². The molecule has 0 saturated heterocycles. The average Bonchev–Trinajstić information content (AvgIpc) is 3.21. The molecule has 0 aliphatic carbocycles. The number of hydrogen-bond acceptors (Lipinski definition) is 6. The number of ether oxygens (including phenoxy) is 1. The standard InChI is InChI=1S/C22H22ClN5O2S/c1-3-28-21(17-9-11-19(30-2)12-10-17)26-27-22(28)31-15-20(29)25-24-14-18(23)13-16-7-5-4-6-8-16/h4-14H,3,15H2,1-2H3,(H,25,29)/b18-13-,24-14+. The van der Waals surface area contributed by atoms with Crippen molar-refractivity contribution in [3.63, 3.8) is 0 Å². The maximum Gasteiger partial charge on any atom is 0.250 e. The Labute approximate surface area is 190 Å². The van der Waals surface area contributed by atoms with Gasteiger partial charge in [-0.1, -0.05) is 53.7 Å². The zero-order valence-electron chi connectivity index (χ0n) is 17.2. The van der Waals surface area contributed by atoms with Gasteiger partial charge in [-0.2, -0.15) is 5.10 Å². The molecule has 0 atom stereocenters. The summed E-state index contributed by atoms with van der Waals surface area (Å²) in [4.78, 5) is 12.1. The van der Waals surface area contributed by atoms with Crippen LogP contribution in [0, 0.1) is 0 Å². The summed E-state index contributed by atoms with van der Waals surface area (Å²) >= 11 is 7.41. The van der Waals surface area contributed by atoms with Gasteiger partial charge in [0.05, 0.1) is 24.1 Å². The Balaban J connectivity index is 1.56. The van der Waals surface area contributed by atoms with Crippen molar-refractivity contribution in [2.24, 2.45) is 5.10 Å². The molecule has 0 aliphatic heterocycles. The number of aromatic nitrogens is 3. The van der Waals surface area contributed by atoms with Crippen molar-refractivity contribution in [1.82, 2.24) is 20.2 Å². The number of allylic oxidation sites excluding steroid dienone is 1. The zero-order valence-corrected chi connectivity index (χ0v) is 18.7. The predicted octanol–water partition coefficient (Wildman–Crippen LogP) is 4.45. The van der Waals surface area contributed by atoms with Crippen LogP contribution in [0.1, 0.15) is 12.5 Å². The molecule has 0 spiro atoms. The molecule has 0 radical (unpaired) electrons. The van der Waals surface area contributed by atoms with Gasteiger partial charge in [0.15, 0.2) is 11.0 Å². The van der Waals surface area contributed by atoms with E-state index in [-0.39, 0.29) is 11.7 Å². The molecule has 1 N–H and O–H groups in total. The first-order valence-corrected chi connectivity index (χ1v) is 10.9. The van der Waals surface area contributed by atoms with Gasteiger partial charge >= 0.3 is 0 Å². The van der Waals surface area contributed by atoms with Crippen LogP contribution in [0.3, 0.4) is 0 Å². The number of amides is 1. The zero-order chi connectivity index (χ0) is 22.1. The fourth-order valence-corrected chi connectivity index (χ4v) is 3.68. The predicted molar refractivity (Wildman–Crippen MR) is 125 cm³/mol. The number of nitrogens with zero attached hydrogens (tertiary/aromatic N) is 4. The van der Waals surface area contributed by atoms with E-state index in [0.29, 0.717) is 16.7 Å². The largest absolute Gasteiger partial charge is 0.497 e. The molecule has 7 nitrogen and oxygen atoms in total. The lowest BCUT2D eigenvalue weighted by Gasteiger charge is -2.07. The summed E-state index contributed by atoms with van der Waals surface area (Å²) in [6, 6.07) is 17.2. The van der Waals surface area contributed by atoms with Gasteiger partial charge in [-0.05, 0) is 42.8 Å². The van der Waals surface area contributed by atoms with Crippen molar-refractivity contribution in [2.45, 2.75) is 18.6 Å². The third-order valence-corrected chi connectivity index (χ3v) is 5.37. The van der Waals surface area contributed by atoms with E-state index in [1.807, 2.05) is 66.1 Å².